The number of aliphatic hydroxyl groups excluding tert-OH is 4. The van der Waals surface area contributed by atoms with Crippen molar-refractivity contribution in [3.05, 3.63) is 86.5 Å². The minimum atomic E-state index is -0.790. The molecule has 3 aromatic carbocycles. The summed E-state index contributed by atoms with van der Waals surface area (Å²) >= 11 is 0. The lowest BCUT2D eigenvalue weighted by Crippen LogP contribution is -2.09. The maximum atomic E-state index is 11.0. The second kappa shape index (κ2) is 9.58. The van der Waals surface area contributed by atoms with E-state index >= 15 is 0 Å². The molecule has 7 heteroatoms. The minimum absolute atomic E-state index is 0.154. The number of hydrogen-bond donors (Lipinski definition) is 7. The van der Waals surface area contributed by atoms with Crippen LogP contribution in [-0.4, -0.2) is 35.7 Å². The van der Waals surface area contributed by atoms with Crippen LogP contribution in [0.25, 0.3) is 0 Å². The van der Waals surface area contributed by atoms with Gasteiger partial charge < -0.3 is 35.7 Å². The van der Waals surface area contributed by atoms with Crippen LogP contribution in [0, 0.1) is 13.8 Å². The molecule has 3 aromatic rings. The molecule has 0 fully saturated rings. The molecule has 0 aliphatic heterocycles. The normalized spacial score (nSPS) is 11.3. The van der Waals surface area contributed by atoms with Gasteiger partial charge in [-0.15, -0.1) is 0 Å². The van der Waals surface area contributed by atoms with Crippen molar-refractivity contribution in [1.29, 1.82) is 0 Å². The largest absolute Gasteiger partial charge is 0.507 e. The van der Waals surface area contributed by atoms with Crippen LogP contribution in [-0.2, 0) is 26.4 Å². The van der Waals surface area contributed by atoms with Crippen LogP contribution in [0.1, 0.15) is 56.0 Å². The fourth-order valence-electron chi connectivity index (χ4n) is 4.17. The van der Waals surface area contributed by atoms with E-state index in [0.29, 0.717) is 27.8 Å². The van der Waals surface area contributed by atoms with Gasteiger partial charge >= 0.3 is 0 Å². The van der Waals surface area contributed by atoms with Gasteiger partial charge in [0.1, 0.15) is 17.2 Å². The van der Waals surface area contributed by atoms with Gasteiger partial charge in [-0.1, -0.05) is 35.4 Å². The summed E-state index contributed by atoms with van der Waals surface area (Å²) in [4.78, 5) is 0. The van der Waals surface area contributed by atoms with Crippen LogP contribution in [0.3, 0.4) is 0 Å². The third-order valence-electron chi connectivity index (χ3n) is 5.65. The van der Waals surface area contributed by atoms with E-state index < -0.39 is 32.3 Å². The zero-order valence-corrected chi connectivity index (χ0v) is 18.0. The molecule has 0 spiro atoms. The number of aliphatic hydroxyl groups is 4. The molecule has 0 saturated carbocycles. The molecule has 7 nitrogen and oxygen atoms in total. The molecule has 0 atom stereocenters. The Morgan fingerprint density at radius 1 is 0.531 bits per heavy atom. The summed E-state index contributed by atoms with van der Waals surface area (Å²) in [5.41, 5.74) is 3.78. The van der Waals surface area contributed by atoms with Crippen molar-refractivity contribution in [1.82, 2.24) is 0 Å². The Hall–Kier alpha value is -3.10. The fraction of sp³-hybridized carbons (Fsp3) is 0.280. The van der Waals surface area contributed by atoms with Gasteiger partial charge in [0, 0.05) is 39.3 Å². The van der Waals surface area contributed by atoms with Gasteiger partial charge in [0.2, 0.25) is 0 Å². The van der Waals surface area contributed by atoms with Crippen LogP contribution < -0.4 is 0 Å². The quantitative estimate of drug-likeness (QED) is 0.280. The van der Waals surface area contributed by atoms with Gasteiger partial charge in [-0.05, 0) is 31.5 Å². The highest BCUT2D eigenvalue weighted by molar-refractivity contribution is 5.59. The Morgan fingerprint density at radius 2 is 0.875 bits per heavy atom. The highest BCUT2D eigenvalue weighted by atomic mass is 16.3. The third kappa shape index (κ3) is 4.28. The van der Waals surface area contributed by atoms with Crippen molar-refractivity contribution in [3.8, 4) is 17.2 Å². The van der Waals surface area contributed by atoms with E-state index in [1.165, 1.54) is 0 Å². The molecule has 0 saturated heterocycles. The minimum Gasteiger partial charge on any atom is -0.507 e. The molecule has 0 bridgehead atoms. The van der Waals surface area contributed by atoms with Gasteiger partial charge in [0.15, 0.2) is 0 Å². The van der Waals surface area contributed by atoms with Gasteiger partial charge in [0.05, 0.1) is 26.4 Å². The van der Waals surface area contributed by atoms with E-state index in [2.05, 4.69) is 0 Å². The topological polar surface area (TPSA) is 142 Å². The van der Waals surface area contributed by atoms with E-state index in [1.807, 2.05) is 13.8 Å². The second-order valence-electron chi connectivity index (χ2n) is 7.98. The van der Waals surface area contributed by atoms with Gasteiger partial charge in [-0.3, -0.25) is 0 Å². The molecule has 3 rings (SSSR count). The summed E-state index contributed by atoms with van der Waals surface area (Å²) in [6.45, 7) is 1.86. The Balaban J connectivity index is 2.43. The lowest BCUT2D eigenvalue weighted by atomic mass is 9.80. The highest BCUT2D eigenvalue weighted by Gasteiger charge is 2.27. The first-order chi connectivity index (χ1) is 15.2. The number of phenols is 3. The van der Waals surface area contributed by atoms with Crippen molar-refractivity contribution in [3.63, 3.8) is 0 Å². The maximum Gasteiger partial charge on any atom is 0.126 e. The van der Waals surface area contributed by atoms with Crippen LogP contribution in [0.15, 0.2) is 36.4 Å². The van der Waals surface area contributed by atoms with E-state index in [1.54, 1.807) is 36.4 Å². The Morgan fingerprint density at radius 3 is 1.22 bits per heavy atom. The standard InChI is InChI=1S/C25H28O7/c1-13-3-16(9-26)24(31)20(5-13)22(21-6-14(2)4-17(10-27)25(21)32)15-7-18(11-28)23(30)19(8-15)12-29/h3-8,22,26-32H,9-12H2,1-2H3. The zero-order chi connectivity index (χ0) is 23.6. The molecule has 0 unspecified atom stereocenters. The lowest BCUT2D eigenvalue weighted by Gasteiger charge is -2.25. The molecular formula is C25H28O7. The number of aromatic hydroxyl groups is 3. The van der Waals surface area contributed by atoms with Gasteiger partial charge in [-0.25, -0.2) is 0 Å². The Kier molecular flexibility index (Phi) is 7.06. The Labute approximate surface area is 186 Å². The van der Waals surface area contributed by atoms with Gasteiger partial charge in [-0.2, -0.15) is 0 Å². The summed E-state index contributed by atoms with van der Waals surface area (Å²) in [6.07, 6.45) is 0. The first-order valence-electron chi connectivity index (χ1n) is 10.2. The third-order valence-corrected chi connectivity index (χ3v) is 5.65. The molecule has 170 valence electrons. The van der Waals surface area contributed by atoms with E-state index in [4.69, 9.17) is 0 Å². The Bertz CT molecular complexity index is 1050. The molecule has 7 N–H and O–H groups in total. The zero-order valence-electron chi connectivity index (χ0n) is 18.0. The summed E-state index contributed by atoms with van der Waals surface area (Å²) in [7, 11) is 0. The fourth-order valence-corrected chi connectivity index (χ4v) is 4.17. The number of rotatable bonds is 7. The maximum absolute atomic E-state index is 11.0. The van der Waals surface area contributed by atoms with Crippen LogP contribution in [0.5, 0.6) is 17.2 Å². The molecule has 0 radical (unpaired) electrons. The molecule has 0 aromatic heterocycles. The SMILES string of the molecule is Cc1cc(CO)c(O)c(C(c2cc(CO)c(O)c(CO)c2)c2cc(C)cc(CO)c2O)c1. The van der Waals surface area contributed by atoms with Crippen molar-refractivity contribution in [2.24, 2.45) is 0 Å². The molecule has 0 heterocycles. The smallest absolute Gasteiger partial charge is 0.126 e. The molecule has 32 heavy (non-hydrogen) atoms. The first-order valence-corrected chi connectivity index (χ1v) is 10.2. The van der Waals surface area contributed by atoms with Crippen LogP contribution in [0.2, 0.25) is 0 Å². The average Bonchev–Trinajstić information content (AvgIpc) is 2.78. The summed E-state index contributed by atoms with van der Waals surface area (Å²) in [5, 5.41) is 71.2. The predicted octanol–water partition coefficient (Wildman–Crippen LogP) is 2.57. The van der Waals surface area contributed by atoms with E-state index in [0.717, 1.165) is 11.1 Å². The summed E-state index contributed by atoms with van der Waals surface area (Å²) in [6, 6.07) is 9.84. The summed E-state index contributed by atoms with van der Waals surface area (Å²) < 4.78 is 0. The summed E-state index contributed by atoms with van der Waals surface area (Å²) in [5.74, 6) is -1.33. The van der Waals surface area contributed by atoms with Crippen molar-refractivity contribution in [2.75, 3.05) is 0 Å². The number of benzene rings is 3. The molecule has 0 aliphatic rings. The lowest BCUT2D eigenvalue weighted by molar-refractivity contribution is 0.263. The molecular weight excluding hydrogens is 412 g/mol. The highest BCUT2D eigenvalue weighted by Crippen LogP contribution is 2.45. The first kappa shape index (κ1) is 23.6. The van der Waals surface area contributed by atoms with Gasteiger partial charge in [0.25, 0.3) is 0 Å². The van der Waals surface area contributed by atoms with E-state index in [-0.39, 0.29) is 28.4 Å². The monoisotopic (exact) mass is 440 g/mol. The second-order valence-corrected chi connectivity index (χ2v) is 7.98. The van der Waals surface area contributed by atoms with Crippen LogP contribution >= 0.6 is 0 Å². The van der Waals surface area contributed by atoms with Crippen molar-refractivity contribution >= 4 is 0 Å². The van der Waals surface area contributed by atoms with Crippen molar-refractivity contribution < 1.29 is 35.7 Å². The predicted molar refractivity (Wildman–Crippen MR) is 118 cm³/mol. The number of aryl methyl sites for hydroxylation is 2. The van der Waals surface area contributed by atoms with Crippen LogP contribution in [0.4, 0.5) is 0 Å². The molecule has 0 aliphatic carbocycles. The molecule has 0 amide bonds. The number of hydrogen-bond acceptors (Lipinski definition) is 7. The van der Waals surface area contributed by atoms with E-state index in [9.17, 15) is 35.7 Å². The van der Waals surface area contributed by atoms with Crippen molar-refractivity contribution in [2.45, 2.75) is 46.2 Å². The average molecular weight is 440 g/mol.